The molecule has 0 fully saturated rings. The van der Waals surface area contributed by atoms with Gasteiger partial charge in [-0.15, -0.1) is 11.6 Å². The summed E-state index contributed by atoms with van der Waals surface area (Å²) in [6.07, 6.45) is 4.02. The monoisotopic (exact) mass is 494 g/mol. The number of fused-ring (bicyclic) bond motifs is 1. The Morgan fingerprint density at radius 1 is 1.09 bits per heavy atom. The Morgan fingerprint density at radius 3 is 2.56 bits per heavy atom. The first kappa shape index (κ1) is 24.0. The molecule has 8 heteroatoms. The van der Waals surface area contributed by atoms with Gasteiger partial charge in [-0.3, -0.25) is 10.1 Å². The molecule has 0 aliphatic heterocycles. The second-order valence-corrected chi connectivity index (χ2v) is 10.1. The van der Waals surface area contributed by atoms with Gasteiger partial charge in [-0.05, 0) is 56.0 Å². The molecule has 2 aromatic carbocycles. The summed E-state index contributed by atoms with van der Waals surface area (Å²) in [5.74, 6) is -0.0878. The van der Waals surface area contributed by atoms with Gasteiger partial charge >= 0.3 is 6.03 Å². The smallest absolute Gasteiger partial charge is 0.321 e. The van der Waals surface area contributed by atoms with Gasteiger partial charge in [0.2, 0.25) is 0 Å². The van der Waals surface area contributed by atoms with Crippen molar-refractivity contribution in [2.24, 2.45) is 5.92 Å². The molecular weight excluding hydrogens is 468 g/mol. The van der Waals surface area contributed by atoms with Crippen molar-refractivity contribution in [1.29, 1.82) is 0 Å². The Labute approximate surface area is 208 Å². The molecule has 0 saturated carbocycles. The highest BCUT2D eigenvalue weighted by molar-refractivity contribution is 7.22. The molecule has 1 aliphatic rings. The van der Waals surface area contributed by atoms with Crippen molar-refractivity contribution in [2.45, 2.75) is 39.1 Å². The fraction of sp³-hybridized carbons (Fsp3) is 0.269. The average Bonchev–Trinajstić information content (AvgIpc) is 3.20. The van der Waals surface area contributed by atoms with Crippen LogP contribution < -0.4 is 16.0 Å². The van der Waals surface area contributed by atoms with Gasteiger partial charge in [0.15, 0.2) is 5.13 Å². The first-order chi connectivity index (χ1) is 16.2. The number of aryl methyl sites for hydroxylation is 1. The number of alkyl halides is 1. The molecule has 0 saturated heterocycles. The minimum absolute atomic E-state index is 0.137. The third-order valence-electron chi connectivity index (χ3n) is 5.86. The molecular formula is C26H27ClN4O2S. The second kappa shape index (κ2) is 9.99. The van der Waals surface area contributed by atoms with Crippen molar-refractivity contribution < 1.29 is 9.59 Å². The molecule has 4 rings (SSSR count). The maximum absolute atomic E-state index is 12.9. The zero-order valence-electron chi connectivity index (χ0n) is 19.5. The molecule has 34 heavy (non-hydrogen) atoms. The number of aromatic nitrogens is 1. The van der Waals surface area contributed by atoms with Crippen LogP contribution in [0.25, 0.3) is 10.2 Å². The van der Waals surface area contributed by atoms with Crippen molar-refractivity contribution in [3.63, 3.8) is 0 Å². The summed E-state index contributed by atoms with van der Waals surface area (Å²) in [6, 6.07) is 12.8. The number of nitrogens with one attached hydrogen (secondary N) is 3. The van der Waals surface area contributed by atoms with E-state index in [0.29, 0.717) is 16.2 Å². The Bertz CT molecular complexity index is 1300. The van der Waals surface area contributed by atoms with Gasteiger partial charge in [-0.1, -0.05) is 60.2 Å². The minimum atomic E-state index is -0.333. The van der Waals surface area contributed by atoms with Crippen molar-refractivity contribution in [3.8, 4) is 0 Å². The normalized spacial score (nSPS) is 18.6. The summed E-state index contributed by atoms with van der Waals surface area (Å²) in [4.78, 5) is 29.8. The third-order valence-corrected chi connectivity index (χ3v) is 7.41. The van der Waals surface area contributed by atoms with E-state index in [9.17, 15) is 9.59 Å². The number of rotatable bonds is 5. The standard InChI is InChI=1S/C26H27ClN4O2S/c1-14-5-9-18(10-6-14)17(4)28-25(33)31-26-29-20-12-11-19(13-21(20)34-26)24(32)30-23-16(3)8-7-15(2)22(23)27/h5-13,15,17,22H,1-4H3,(H,30,32)(H2,28,29,31,33). The molecule has 0 spiro atoms. The van der Waals surface area contributed by atoms with Crippen LogP contribution >= 0.6 is 22.9 Å². The summed E-state index contributed by atoms with van der Waals surface area (Å²) in [5, 5.41) is 8.88. The minimum Gasteiger partial charge on any atom is -0.331 e. The lowest BCUT2D eigenvalue weighted by Gasteiger charge is -2.24. The fourth-order valence-electron chi connectivity index (χ4n) is 3.71. The number of hydrogen-bond donors (Lipinski definition) is 3. The average molecular weight is 495 g/mol. The van der Waals surface area contributed by atoms with Gasteiger partial charge in [-0.25, -0.2) is 9.78 Å². The quantitative estimate of drug-likeness (QED) is 0.364. The molecule has 3 amide bonds. The van der Waals surface area contributed by atoms with Crippen LogP contribution in [0.2, 0.25) is 0 Å². The second-order valence-electron chi connectivity index (χ2n) is 8.60. The van der Waals surface area contributed by atoms with Gasteiger partial charge < -0.3 is 10.6 Å². The van der Waals surface area contributed by atoms with Crippen LogP contribution in [0.5, 0.6) is 0 Å². The Balaban J connectivity index is 1.43. The molecule has 3 atom stereocenters. The molecule has 3 unspecified atom stereocenters. The van der Waals surface area contributed by atoms with E-state index >= 15 is 0 Å². The molecule has 0 radical (unpaired) electrons. The molecule has 1 aliphatic carbocycles. The molecule has 1 heterocycles. The number of halogens is 1. The highest BCUT2D eigenvalue weighted by Gasteiger charge is 2.24. The van der Waals surface area contributed by atoms with E-state index in [1.54, 1.807) is 18.2 Å². The van der Waals surface area contributed by atoms with Gasteiger partial charge in [0.05, 0.1) is 21.6 Å². The fourth-order valence-corrected chi connectivity index (χ4v) is 4.92. The van der Waals surface area contributed by atoms with Crippen LogP contribution in [-0.2, 0) is 0 Å². The van der Waals surface area contributed by atoms with Crippen LogP contribution in [0.3, 0.4) is 0 Å². The summed E-state index contributed by atoms with van der Waals surface area (Å²) >= 11 is 7.83. The van der Waals surface area contributed by atoms with E-state index < -0.39 is 0 Å². The number of urea groups is 1. The SMILES string of the molecule is CC1=C(NC(=O)c2ccc3nc(NC(=O)NC(C)c4ccc(C)cc4)sc3c2)C(Cl)C(C)C=C1. The molecule has 3 N–H and O–H groups in total. The lowest BCUT2D eigenvalue weighted by molar-refractivity contribution is 0.0964. The summed E-state index contributed by atoms with van der Waals surface area (Å²) in [5.41, 5.74) is 5.08. The number of benzene rings is 2. The third kappa shape index (κ3) is 5.32. The van der Waals surface area contributed by atoms with E-state index in [2.05, 4.69) is 20.9 Å². The zero-order chi connectivity index (χ0) is 24.4. The number of allylic oxidation sites excluding steroid dienone is 4. The number of thiazole rings is 1. The van der Waals surface area contributed by atoms with E-state index in [1.807, 2.05) is 64.1 Å². The van der Waals surface area contributed by atoms with Crippen LogP contribution in [0, 0.1) is 12.8 Å². The molecule has 0 bridgehead atoms. The lowest BCUT2D eigenvalue weighted by Crippen LogP contribution is -2.32. The predicted molar refractivity (Wildman–Crippen MR) is 139 cm³/mol. The lowest BCUT2D eigenvalue weighted by atomic mass is 9.95. The molecule has 3 aromatic rings. The Kier molecular flexibility index (Phi) is 7.05. The maximum atomic E-state index is 12.9. The van der Waals surface area contributed by atoms with E-state index in [1.165, 1.54) is 16.9 Å². The van der Waals surface area contributed by atoms with Crippen molar-refractivity contribution in [2.75, 3.05) is 5.32 Å². The van der Waals surface area contributed by atoms with Crippen LogP contribution in [0.1, 0.15) is 48.3 Å². The number of carbonyl (C=O) groups excluding carboxylic acids is 2. The molecule has 1 aromatic heterocycles. The maximum Gasteiger partial charge on any atom is 0.321 e. The van der Waals surface area contributed by atoms with Crippen LogP contribution in [0.4, 0.5) is 9.93 Å². The van der Waals surface area contributed by atoms with Crippen LogP contribution in [0.15, 0.2) is 65.9 Å². The number of nitrogens with zero attached hydrogens (tertiary/aromatic N) is 1. The highest BCUT2D eigenvalue weighted by atomic mass is 35.5. The highest BCUT2D eigenvalue weighted by Crippen LogP contribution is 2.29. The van der Waals surface area contributed by atoms with Gasteiger partial charge in [-0.2, -0.15) is 0 Å². The summed E-state index contributed by atoms with van der Waals surface area (Å²) in [6.45, 7) is 7.90. The van der Waals surface area contributed by atoms with E-state index in [0.717, 1.165) is 21.5 Å². The van der Waals surface area contributed by atoms with Crippen molar-refractivity contribution in [1.82, 2.24) is 15.6 Å². The zero-order valence-corrected chi connectivity index (χ0v) is 21.1. The van der Waals surface area contributed by atoms with Crippen molar-refractivity contribution in [3.05, 3.63) is 82.6 Å². The largest absolute Gasteiger partial charge is 0.331 e. The van der Waals surface area contributed by atoms with Gasteiger partial charge in [0.1, 0.15) is 0 Å². The number of amides is 3. The van der Waals surface area contributed by atoms with E-state index in [-0.39, 0.29) is 29.3 Å². The van der Waals surface area contributed by atoms with Crippen molar-refractivity contribution >= 4 is 50.2 Å². The van der Waals surface area contributed by atoms with Crippen LogP contribution in [-0.4, -0.2) is 22.3 Å². The topological polar surface area (TPSA) is 83.1 Å². The van der Waals surface area contributed by atoms with Gasteiger partial charge in [0.25, 0.3) is 5.91 Å². The first-order valence-corrected chi connectivity index (χ1v) is 12.4. The Morgan fingerprint density at radius 2 is 1.82 bits per heavy atom. The predicted octanol–water partition coefficient (Wildman–Crippen LogP) is 6.30. The van der Waals surface area contributed by atoms with Gasteiger partial charge in [0, 0.05) is 11.3 Å². The molecule has 6 nitrogen and oxygen atoms in total. The number of anilines is 1. The van der Waals surface area contributed by atoms with E-state index in [4.69, 9.17) is 11.6 Å². The molecule has 176 valence electrons. The summed E-state index contributed by atoms with van der Waals surface area (Å²) < 4.78 is 0.805. The Hall–Kier alpha value is -3.16. The number of carbonyl (C=O) groups is 2. The summed E-state index contributed by atoms with van der Waals surface area (Å²) in [7, 11) is 0. The first-order valence-electron chi connectivity index (χ1n) is 11.1. The number of hydrogen-bond acceptors (Lipinski definition) is 4.